The van der Waals surface area contributed by atoms with Gasteiger partial charge in [-0.15, -0.1) is 11.3 Å². The number of methoxy groups -OCH3 is 1. The number of esters is 1. The van der Waals surface area contributed by atoms with Crippen LogP contribution in [0.25, 0.3) is 0 Å². The summed E-state index contributed by atoms with van der Waals surface area (Å²) in [7, 11) is -2.27. The van der Waals surface area contributed by atoms with Crippen LogP contribution in [0.4, 0.5) is 5.69 Å². The Hall–Kier alpha value is -1.94. The van der Waals surface area contributed by atoms with Gasteiger partial charge in [-0.05, 0) is 43.0 Å². The molecule has 0 unspecified atom stereocenters. The number of nitrogens with one attached hydrogen (secondary N) is 1. The average Bonchev–Trinajstić information content (AvgIpc) is 3.20. The molecule has 1 aromatic heterocycles. The van der Waals surface area contributed by atoms with E-state index in [0.717, 1.165) is 11.3 Å². The maximum atomic E-state index is 12.8. The molecule has 1 aliphatic heterocycles. The number of hydrogen-bond acceptors (Lipinski definition) is 6. The van der Waals surface area contributed by atoms with Gasteiger partial charge in [-0.2, -0.15) is 4.31 Å². The van der Waals surface area contributed by atoms with Crippen molar-refractivity contribution in [2.75, 3.05) is 25.5 Å². The number of halogens is 1. The molecule has 10 heteroatoms. The van der Waals surface area contributed by atoms with Crippen molar-refractivity contribution in [3.05, 3.63) is 46.3 Å². The van der Waals surface area contributed by atoms with Gasteiger partial charge in [0.2, 0.25) is 5.91 Å². The normalized spacial score (nSPS) is 16.8. The Morgan fingerprint density at radius 1 is 1.20 bits per heavy atom. The molecule has 2 heterocycles. The molecular weight excluding hydrogens is 448 g/mol. The smallest absolute Gasteiger partial charge is 0.339 e. The van der Waals surface area contributed by atoms with E-state index in [1.807, 2.05) is 6.92 Å². The van der Waals surface area contributed by atoms with E-state index in [1.54, 1.807) is 30.3 Å². The number of hydrogen-bond donors (Lipinski definition) is 1. The van der Waals surface area contributed by atoms with E-state index < -0.39 is 16.0 Å². The minimum atomic E-state index is -3.56. The molecule has 0 aliphatic carbocycles. The molecule has 0 saturated carbocycles. The summed E-state index contributed by atoms with van der Waals surface area (Å²) >= 11 is 6.91. The fourth-order valence-corrected chi connectivity index (χ4v) is 6.63. The van der Waals surface area contributed by atoms with Gasteiger partial charge in [-0.25, -0.2) is 13.2 Å². The van der Waals surface area contributed by atoms with E-state index in [9.17, 15) is 18.0 Å². The molecule has 2 aromatic rings. The topological polar surface area (TPSA) is 92.8 Å². The predicted molar refractivity (Wildman–Crippen MR) is 116 cm³/mol. The fourth-order valence-electron chi connectivity index (χ4n) is 3.52. The monoisotopic (exact) mass is 470 g/mol. The number of thiophene rings is 1. The third-order valence-corrected chi connectivity index (χ3v) is 8.95. The van der Waals surface area contributed by atoms with Gasteiger partial charge in [0, 0.05) is 19.0 Å². The van der Waals surface area contributed by atoms with Crippen molar-refractivity contribution in [1.29, 1.82) is 0 Å². The number of piperidine rings is 1. The Morgan fingerprint density at radius 2 is 1.87 bits per heavy atom. The molecule has 1 aliphatic rings. The average molecular weight is 471 g/mol. The summed E-state index contributed by atoms with van der Waals surface area (Å²) in [4.78, 5) is 24.7. The van der Waals surface area contributed by atoms with Gasteiger partial charge >= 0.3 is 5.97 Å². The summed E-state index contributed by atoms with van der Waals surface area (Å²) in [6, 6.07) is 9.76. The first-order chi connectivity index (χ1) is 14.2. The zero-order valence-electron chi connectivity index (χ0n) is 16.6. The number of sulfonamides is 1. The third-order valence-electron chi connectivity index (χ3n) is 5.35. The van der Waals surface area contributed by atoms with Gasteiger partial charge in [-0.1, -0.05) is 30.7 Å². The number of benzene rings is 1. The van der Waals surface area contributed by atoms with Crippen LogP contribution in [0.2, 0.25) is 4.34 Å². The van der Waals surface area contributed by atoms with E-state index in [0.29, 0.717) is 36.0 Å². The van der Waals surface area contributed by atoms with Crippen LogP contribution in [-0.2, 0) is 19.6 Å². The lowest BCUT2D eigenvalue weighted by Crippen LogP contribution is -2.41. The quantitative estimate of drug-likeness (QED) is 0.647. The lowest BCUT2D eigenvalue weighted by Gasteiger charge is -2.33. The lowest BCUT2D eigenvalue weighted by atomic mass is 9.85. The third kappa shape index (κ3) is 4.85. The summed E-state index contributed by atoms with van der Waals surface area (Å²) in [6.45, 7) is 2.52. The van der Waals surface area contributed by atoms with Crippen molar-refractivity contribution in [3.63, 3.8) is 0 Å². The molecule has 1 aromatic carbocycles. The number of nitrogens with zero attached hydrogens (tertiary/aromatic N) is 1. The molecule has 0 spiro atoms. The summed E-state index contributed by atoms with van der Waals surface area (Å²) in [5.41, 5.74) is 0.687. The highest BCUT2D eigenvalue weighted by molar-refractivity contribution is 7.91. The van der Waals surface area contributed by atoms with Crippen LogP contribution in [0.1, 0.15) is 30.1 Å². The van der Waals surface area contributed by atoms with E-state index in [4.69, 9.17) is 16.3 Å². The molecule has 0 radical (unpaired) electrons. The first kappa shape index (κ1) is 22.7. The molecule has 30 heavy (non-hydrogen) atoms. The van der Waals surface area contributed by atoms with E-state index in [2.05, 4.69) is 5.32 Å². The summed E-state index contributed by atoms with van der Waals surface area (Å²) in [6.07, 6.45) is 1.15. The van der Waals surface area contributed by atoms with Crippen LogP contribution < -0.4 is 5.32 Å². The molecular formula is C20H23ClN2O5S2. The van der Waals surface area contributed by atoms with Crippen LogP contribution in [0, 0.1) is 11.8 Å². The molecule has 1 amide bonds. The van der Waals surface area contributed by atoms with Crippen molar-refractivity contribution in [1.82, 2.24) is 4.31 Å². The highest BCUT2D eigenvalue weighted by atomic mass is 35.5. The van der Waals surface area contributed by atoms with Crippen molar-refractivity contribution < 1.29 is 22.7 Å². The highest BCUT2D eigenvalue weighted by Crippen LogP contribution is 2.32. The Labute approximate surface area is 185 Å². The maximum absolute atomic E-state index is 12.8. The van der Waals surface area contributed by atoms with Crippen LogP contribution in [0.3, 0.4) is 0 Å². The summed E-state index contributed by atoms with van der Waals surface area (Å²) < 4.78 is 32.3. The SMILES string of the molecule is COC(=O)c1ccccc1NC(=O)[C@H](C)C1CCN(S(=O)(=O)c2ccc(Cl)s2)CC1. The second-order valence-corrected chi connectivity index (χ2v) is 11.0. The van der Waals surface area contributed by atoms with Crippen molar-refractivity contribution in [2.45, 2.75) is 24.0 Å². The minimum absolute atomic E-state index is 0.0358. The number of anilines is 1. The molecule has 0 bridgehead atoms. The van der Waals surface area contributed by atoms with Crippen LogP contribution in [0.5, 0.6) is 0 Å². The number of rotatable bonds is 6. The largest absolute Gasteiger partial charge is 0.465 e. The molecule has 7 nitrogen and oxygen atoms in total. The Bertz CT molecular complexity index is 1030. The van der Waals surface area contributed by atoms with Gasteiger partial charge in [0.25, 0.3) is 10.0 Å². The Balaban J connectivity index is 1.62. The summed E-state index contributed by atoms with van der Waals surface area (Å²) in [5, 5.41) is 2.81. The zero-order valence-corrected chi connectivity index (χ0v) is 19.0. The number of amides is 1. The van der Waals surface area contributed by atoms with Gasteiger partial charge in [0.15, 0.2) is 0 Å². The zero-order chi connectivity index (χ0) is 21.9. The highest BCUT2D eigenvalue weighted by Gasteiger charge is 2.34. The van der Waals surface area contributed by atoms with E-state index in [1.165, 1.54) is 17.5 Å². The van der Waals surface area contributed by atoms with Gasteiger partial charge in [0.1, 0.15) is 4.21 Å². The molecule has 1 saturated heterocycles. The number of carbonyl (C=O) groups is 2. The summed E-state index contributed by atoms with van der Waals surface area (Å²) in [5.74, 6) is -1.03. The maximum Gasteiger partial charge on any atom is 0.339 e. The predicted octanol–water partition coefficient (Wildman–Crippen LogP) is 3.86. The number of carbonyl (C=O) groups excluding carboxylic acids is 2. The Kier molecular flexibility index (Phi) is 7.18. The molecule has 1 N–H and O–H groups in total. The molecule has 1 atom stereocenters. The fraction of sp³-hybridized carbons (Fsp3) is 0.400. The first-order valence-electron chi connectivity index (χ1n) is 9.47. The second-order valence-electron chi connectivity index (χ2n) is 7.12. The van der Waals surface area contributed by atoms with E-state index >= 15 is 0 Å². The van der Waals surface area contributed by atoms with E-state index in [-0.39, 0.29) is 27.5 Å². The van der Waals surface area contributed by atoms with Crippen molar-refractivity contribution >= 4 is 50.5 Å². The molecule has 162 valence electrons. The number of para-hydroxylation sites is 1. The van der Waals surface area contributed by atoms with Gasteiger partial charge in [-0.3, -0.25) is 4.79 Å². The van der Waals surface area contributed by atoms with Crippen molar-refractivity contribution in [2.24, 2.45) is 11.8 Å². The standard InChI is InChI=1S/C20H23ClN2O5S2/c1-13(19(24)22-16-6-4-3-5-15(16)20(25)28-2)14-9-11-23(12-10-14)30(26,27)18-8-7-17(21)29-18/h3-8,13-14H,9-12H2,1-2H3,(H,22,24)/t13-/m1/s1. The Morgan fingerprint density at radius 3 is 2.47 bits per heavy atom. The molecule has 1 fully saturated rings. The minimum Gasteiger partial charge on any atom is -0.465 e. The van der Waals surface area contributed by atoms with Gasteiger partial charge in [0.05, 0.1) is 22.7 Å². The second kappa shape index (κ2) is 9.47. The van der Waals surface area contributed by atoms with Crippen LogP contribution >= 0.6 is 22.9 Å². The van der Waals surface area contributed by atoms with Crippen molar-refractivity contribution in [3.8, 4) is 0 Å². The van der Waals surface area contributed by atoms with Gasteiger partial charge < -0.3 is 10.1 Å². The van der Waals surface area contributed by atoms with Crippen LogP contribution in [0.15, 0.2) is 40.6 Å². The van der Waals surface area contributed by atoms with Crippen LogP contribution in [-0.4, -0.2) is 44.8 Å². The first-order valence-corrected chi connectivity index (χ1v) is 12.1. The lowest BCUT2D eigenvalue weighted by molar-refractivity contribution is -0.121. The molecule has 3 rings (SSSR count). The number of ether oxygens (including phenoxy) is 1.